The van der Waals surface area contributed by atoms with Crippen molar-refractivity contribution in [2.24, 2.45) is 11.7 Å². The number of sulfonamides is 1. The van der Waals surface area contributed by atoms with E-state index in [1.165, 1.54) is 0 Å². The van der Waals surface area contributed by atoms with Crippen LogP contribution in [0.1, 0.15) is 32.1 Å². The standard InChI is InChI=1S/C9H18N2O2S2/c10-9(14)3-1-2-6-11-15(12,13)7-8-4-5-8/h8,11H,1-7H2,(H2,10,14). The smallest absolute Gasteiger partial charge is 0.211 e. The van der Waals surface area contributed by atoms with Gasteiger partial charge < -0.3 is 5.73 Å². The summed E-state index contributed by atoms with van der Waals surface area (Å²) in [5.41, 5.74) is 5.33. The summed E-state index contributed by atoms with van der Waals surface area (Å²) in [6, 6.07) is 0. The molecule has 0 amide bonds. The predicted octanol–water partition coefficient (Wildman–Crippen LogP) is 0.772. The number of unbranched alkanes of at least 4 members (excludes halogenated alkanes) is 1. The number of nitrogens with one attached hydrogen (secondary N) is 1. The van der Waals surface area contributed by atoms with Crippen molar-refractivity contribution >= 4 is 27.2 Å². The molecule has 6 heteroatoms. The molecule has 0 atom stereocenters. The third kappa shape index (κ3) is 6.81. The molecule has 0 heterocycles. The Morgan fingerprint density at radius 2 is 2.07 bits per heavy atom. The second-order valence-electron chi connectivity index (χ2n) is 4.04. The van der Waals surface area contributed by atoms with E-state index in [4.69, 9.17) is 18.0 Å². The highest BCUT2D eigenvalue weighted by molar-refractivity contribution is 7.89. The molecule has 1 saturated carbocycles. The number of rotatable bonds is 8. The van der Waals surface area contributed by atoms with Gasteiger partial charge >= 0.3 is 0 Å². The summed E-state index contributed by atoms with van der Waals surface area (Å²) in [6.07, 6.45) is 4.45. The summed E-state index contributed by atoms with van der Waals surface area (Å²) in [5, 5.41) is 0. The number of thiocarbonyl (C=S) groups is 1. The van der Waals surface area contributed by atoms with E-state index in [1.54, 1.807) is 0 Å². The van der Waals surface area contributed by atoms with E-state index in [9.17, 15) is 8.42 Å². The lowest BCUT2D eigenvalue weighted by atomic mass is 10.2. The third-order valence-electron chi connectivity index (χ3n) is 2.32. The van der Waals surface area contributed by atoms with Gasteiger partial charge in [0.1, 0.15) is 0 Å². The topological polar surface area (TPSA) is 72.2 Å². The first-order valence-electron chi connectivity index (χ1n) is 5.25. The van der Waals surface area contributed by atoms with Gasteiger partial charge in [-0.05, 0) is 38.0 Å². The van der Waals surface area contributed by atoms with Crippen molar-refractivity contribution in [3.63, 3.8) is 0 Å². The number of nitrogens with two attached hydrogens (primary N) is 1. The van der Waals surface area contributed by atoms with Crippen molar-refractivity contribution in [2.75, 3.05) is 12.3 Å². The molecule has 0 spiro atoms. The monoisotopic (exact) mass is 250 g/mol. The van der Waals surface area contributed by atoms with Gasteiger partial charge in [0.25, 0.3) is 0 Å². The summed E-state index contributed by atoms with van der Waals surface area (Å²) in [4.78, 5) is 0.496. The molecule has 0 aromatic carbocycles. The first-order chi connectivity index (χ1) is 6.99. The molecular weight excluding hydrogens is 232 g/mol. The molecule has 0 unspecified atom stereocenters. The van der Waals surface area contributed by atoms with Crippen molar-refractivity contribution in [1.82, 2.24) is 4.72 Å². The largest absolute Gasteiger partial charge is 0.393 e. The molecular formula is C9H18N2O2S2. The van der Waals surface area contributed by atoms with E-state index in [-0.39, 0.29) is 0 Å². The van der Waals surface area contributed by atoms with Gasteiger partial charge in [-0.2, -0.15) is 0 Å². The van der Waals surface area contributed by atoms with E-state index >= 15 is 0 Å². The summed E-state index contributed by atoms with van der Waals surface area (Å²) in [7, 11) is -3.03. The van der Waals surface area contributed by atoms with Gasteiger partial charge in [-0.25, -0.2) is 13.1 Å². The SMILES string of the molecule is NC(=S)CCCCNS(=O)(=O)CC1CC1. The Kier molecular flexibility index (Phi) is 4.95. The van der Waals surface area contributed by atoms with Crippen LogP contribution in [0, 0.1) is 5.92 Å². The van der Waals surface area contributed by atoms with Crippen LogP contribution in [0.2, 0.25) is 0 Å². The van der Waals surface area contributed by atoms with Crippen molar-refractivity contribution in [3.05, 3.63) is 0 Å². The maximum absolute atomic E-state index is 11.4. The highest BCUT2D eigenvalue weighted by Crippen LogP contribution is 2.29. The summed E-state index contributed by atoms with van der Waals surface area (Å²) in [5.74, 6) is 0.696. The Morgan fingerprint density at radius 3 is 2.60 bits per heavy atom. The van der Waals surface area contributed by atoms with Crippen LogP contribution in [-0.4, -0.2) is 25.7 Å². The Balaban J connectivity index is 2.05. The fourth-order valence-electron chi connectivity index (χ4n) is 1.31. The molecule has 1 fully saturated rings. The molecule has 3 N–H and O–H groups in total. The molecule has 15 heavy (non-hydrogen) atoms. The lowest BCUT2D eigenvalue weighted by molar-refractivity contribution is 0.574. The highest BCUT2D eigenvalue weighted by Gasteiger charge is 2.27. The van der Waals surface area contributed by atoms with E-state index < -0.39 is 10.0 Å². The van der Waals surface area contributed by atoms with Crippen molar-refractivity contribution < 1.29 is 8.42 Å². The fourth-order valence-corrected chi connectivity index (χ4v) is 2.98. The van der Waals surface area contributed by atoms with Crippen LogP contribution in [0.5, 0.6) is 0 Å². The first kappa shape index (κ1) is 12.9. The van der Waals surface area contributed by atoms with Crippen LogP contribution in [0.25, 0.3) is 0 Å². The van der Waals surface area contributed by atoms with Crippen LogP contribution < -0.4 is 10.5 Å². The molecule has 0 radical (unpaired) electrons. The van der Waals surface area contributed by atoms with Crippen LogP contribution in [0.4, 0.5) is 0 Å². The van der Waals surface area contributed by atoms with Crippen LogP contribution in [-0.2, 0) is 10.0 Å². The quantitative estimate of drug-likeness (QED) is 0.493. The molecule has 4 nitrogen and oxygen atoms in total. The summed E-state index contributed by atoms with van der Waals surface area (Å²) >= 11 is 4.72. The zero-order valence-corrected chi connectivity index (χ0v) is 10.4. The zero-order chi connectivity index (χ0) is 11.3. The predicted molar refractivity (Wildman–Crippen MR) is 65.1 cm³/mol. The molecule has 0 aliphatic heterocycles. The fraction of sp³-hybridized carbons (Fsp3) is 0.889. The van der Waals surface area contributed by atoms with Gasteiger partial charge in [0, 0.05) is 6.54 Å². The molecule has 88 valence electrons. The molecule has 1 rings (SSSR count). The molecule has 0 aromatic heterocycles. The Morgan fingerprint density at radius 1 is 1.40 bits per heavy atom. The molecule has 0 saturated heterocycles. The van der Waals surface area contributed by atoms with Crippen LogP contribution in [0.3, 0.4) is 0 Å². The van der Waals surface area contributed by atoms with Gasteiger partial charge in [-0.3, -0.25) is 0 Å². The normalized spacial score (nSPS) is 16.5. The minimum absolute atomic E-state index is 0.294. The van der Waals surface area contributed by atoms with Gasteiger partial charge in [0.2, 0.25) is 10.0 Å². The van der Waals surface area contributed by atoms with Gasteiger partial charge in [-0.1, -0.05) is 12.2 Å². The van der Waals surface area contributed by atoms with Crippen LogP contribution in [0.15, 0.2) is 0 Å². The lowest BCUT2D eigenvalue weighted by Gasteiger charge is -2.05. The Labute approximate surface area is 96.7 Å². The van der Waals surface area contributed by atoms with E-state index in [2.05, 4.69) is 4.72 Å². The van der Waals surface area contributed by atoms with E-state index in [1.807, 2.05) is 0 Å². The minimum Gasteiger partial charge on any atom is -0.393 e. The molecule has 0 aromatic rings. The van der Waals surface area contributed by atoms with Crippen molar-refractivity contribution in [3.8, 4) is 0 Å². The average Bonchev–Trinajstić information content (AvgIpc) is 2.86. The molecule has 1 aliphatic carbocycles. The van der Waals surface area contributed by atoms with Gasteiger partial charge in [0.15, 0.2) is 0 Å². The first-order valence-corrected chi connectivity index (χ1v) is 7.31. The van der Waals surface area contributed by atoms with Crippen molar-refractivity contribution in [1.29, 1.82) is 0 Å². The van der Waals surface area contributed by atoms with E-state index in [0.29, 0.717) is 29.6 Å². The van der Waals surface area contributed by atoms with E-state index in [0.717, 1.165) is 25.7 Å². The maximum Gasteiger partial charge on any atom is 0.211 e. The van der Waals surface area contributed by atoms with Crippen molar-refractivity contribution in [2.45, 2.75) is 32.1 Å². The Bertz CT molecular complexity index is 310. The maximum atomic E-state index is 11.4. The average molecular weight is 250 g/mol. The van der Waals surface area contributed by atoms with Crippen LogP contribution >= 0.6 is 12.2 Å². The molecule has 0 bridgehead atoms. The number of hydrogen-bond acceptors (Lipinski definition) is 3. The Hall–Kier alpha value is -0.200. The van der Waals surface area contributed by atoms with Gasteiger partial charge in [-0.15, -0.1) is 0 Å². The lowest BCUT2D eigenvalue weighted by Crippen LogP contribution is -2.28. The highest BCUT2D eigenvalue weighted by atomic mass is 32.2. The second kappa shape index (κ2) is 5.77. The number of hydrogen-bond donors (Lipinski definition) is 2. The summed E-state index contributed by atoms with van der Waals surface area (Å²) < 4.78 is 25.4. The zero-order valence-electron chi connectivity index (χ0n) is 8.74. The second-order valence-corrected chi connectivity index (χ2v) is 6.42. The molecule has 1 aliphatic rings. The minimum atomic E-state index is -3.03. The third-order valence-corrected chi connectivity index (χ3v) is 4.08. The summed E-state index contributed by atoms with van der Waals surface area (Å²) in [6.45, 7) is 0.498. The van der Waals surface area contributed by atoms with Gasteiger partial charge in [0.05, 0.1) is 10.7 Å².